The largest absolute Gasteiger partial charge is 0.756 e. The van der Waals surface area contributed by atoms with Crippen LogP contribution in [0.2, 0.25) is 0 Å². The van der Waals surface area contributed by atoms with E-state index >= 15 is 0 Å². The molecular formula is C59H99N2O7P. The van der Waals surface area contributed by atoms with Crippen LogP contribution in [0.3, 0.4) is 0 Å². The van der Waals surface area contributed by atoms with Crippen LogP contribution in [0.5, 0.6) is 0 Å². The van der Waals surface area contributed by atoms with E-state index in [-0.39, 0.29) is 18.9 Å². The fraction of sp³-hybridized carbons (Fsp3) is 0.610. The molecule has 0 aromatic carbocycles. The van der Waals surface area contributed by atoms with Crippen molar-refractivity contribution in [1.29, 1.82) is 0 Å². The number of carbonyl (C=O) groups excluding carboxylic acids is 1. The average molecular weight is 979 g/mol. The molecule has 10 heteroatoms. The molecule has 0 aliphatic heterocycles. The van der Waals surface area contributed by atoms with Crippen molar-refractivity contribution in [3.05, 3.63) is 134 Å². The molecule has 0 rings (SSSR count). The molecule has 0 bridgehead atoms. The second-order valence-corrected chi connectivity index (χ2v) is 20.0. The van der Waals surface area contributed by atoms with E-state index in [2.05, 4.69) is 146 Å². The molecule has 0 aliphatic rings. The van der Waals surface area contributed by atoms with Gasteiger partial charge in [0.25, 0.3) is 7.82 Å². The Hall–Kier alpha value is -3.40. The Morgan fingerprint density at radius 2 is 0.942 bits per heavy atom. The zero-order chi connectivity index (χ0) is 50.8. The van der Waals surface area contributed by atoms with Crippen LogP contribution in [0.4, 0.5) is 0 Å². The number of likely N-dealkylation sites (N-methyl/N-ethyl adjacent to an activating group) is 1. The number of nitrogens with one attached hydrogen (secondary N) is 1. The van der Waals surface area contributed by atoms with Gasteiger partial charge in [-0.05, 0) is 122 Å². The smallest absolute Gasteiger partial charge is 0.268 e. The Morgan fingerprint density at radius 1 is 0.551 bits per heavy atom. The van der Waals surface area contributed by atoms with Gasteiger partial charge in [0, 0.05) is 6.42 Å². The summed E-state index contributed by atoms with van der Waals surface area (Å²) < 4.78 is 23.2. The lowest BCUT2D eigenvalue weighted by molar-refractivity contribution is -0.870. The molecule has 9 nitrogen and oxygen atoms in total. The lowest BCUT2D eigenvalue weighted by atomic mass is 10.0. The Labute approximate surface area is 422 Å². The number of hydrogen-bond acceptors (Lipinski definition) is 7. The molecule has 69 heavy (non-hydrogen) atoms. The zero-order valence-electron chi connectivity index (χ0n) is 44.1. The Bertz CT molecular complexity index is 1600. The van der Waals surface area contributed by atoms with Crippen molar-refractivity contribution in [3.8, 4) is 0 Å². The van der Waals surface area contributed by atoms with Crippen molar-refractivity contribution in [2.75, 3.05) is 40.9 Å². The number of quaternary nitrogens is 1. The van der Waals surface area contributed by atoms with Gasteiger partial charge in [-0.1, -0.05) is 179 Å². The molecule has 0 aromatic rings. The minimum atomic E-state index is -4.69. The Morgan fingerprint density at radius 3 is 1.41 bits per heavy atom. The van der Waals surface area contributed by atoms with E-state index < -0.39 is 32.7 Å². The summed E-state index contributed by atoms with van der Waals surface area (Å²) in [5.41, 5.74) is 0. The molecule has 0 radical (unpaired) electrons. The van der Waals surface area contributed by atoms with Gasteiger partial charge in [-0.25, -0.2) is 0 Å². The lowest BCUT2D eigenvalue weighted by Gasteiger charge is -2.31. The number of aliphatic hydroxyl groups excluding tert-OH is 2. The van der Waals surface area contributed by atoms with Crippen LogP contribution in [0.25, 0.3) is 0 Å². The molecule has 392 valence electrons. The van der Waals surface area contributed by atoms with Gasteiger partial charge < -0.3 is 34.0 Å². The third-order valence-corrected chi connectivity index (χ3v) is 12.0. The number of phosphoric ester groups is 1. The summed E-state index contributed by atoms with van der Waals surface area (Å²) in [4.78, 5) is 25.5. The fourth-order valence-electron chi connectivity index (χ4n) is 6.84. The van der Waals surface area contributed by atoms with Crippen LogP contribution < -0.4 is 10.2 Å². The number of aliphatic hydroxyl groups is 2. The normalized spacial score (nSPS) is 15.5. The molecule has 4 unspecified atom stereocenters. The van der Waals surface area contributed by atoms with Crippen LogP contribution in [-0.2, 0) is 18.4 Å². The Kier molecular flexibility index (Phi) is 45.9. The van der Waals surface area contributed by atoms with E-state index in [4.69, 9.17) is 9.05 Å². The van der Waals surface area contributed by atoms with Crippen molar-refractivity contribution < 1.29 is 38.0 Å². The summed E-state index contributed by atoms with van der Waals surface area (Å²) in [6, 6.07) is -1.11. The maximum absolute atomic E-state index is 13.0. The van der Waals surface area contributed by atoms with Crippen LogP contribution >= 0.6 is 7.82 Å². The summed E-state index contributed by atoms with van der Waals surface area (Å²) >= 11 is 0. The summed E-state index contributed by atoms with van der Waals surface area (Å²) in [6.45, 7) is 4.04. The fourth-order valence-corrected chi connectivity index (χ4v) is 7.56. The molecule has 4 atom stereocenters. The number of hydrogen-bond donors (Lipinski definition) is 3. The highest BCUT2D eigenvalue weighted by atomic mass is 31.2. The number of amides is 1. The summed E-state index contributed by atoms with van der Waals surface area (Å²) in [6.07, 6.45) is 69.5. The van der Waals surface area contributed by atoms with Gasteiger partial charge in [0.2, 0.25) is 5.91 Å². The summed E-state index contributed by atoms with van der Waals surface area (Å²) in [5, 5.41) is 24.6. The molecule has 3 N–H and O–H groups in total. The van der Waals surface area contributed by atoms with Crippen LogP contribution in [0, 0.1) is 0 Å². The first-order valence-electron chi connectivity index (χ1n) is 26.6. The standard InChI is InChI=1S/C59H99N2O7P/c1-6-8-10-12-14-16-18-20-21-22-23-24-25-26-27-28-29-30-31-32-33-34-35-36-37-38-39-40-42-44-46-48-50-52-58(63)60-56(55-68-69(65,66)67-54-53-61(3,4)5)59(64)57(62)51-49-47-45-43-41-19-17-15-13-11-9-7-2/h7-10,14-17,20-21,23-24,26-27,29-30,32-33,35-36,43,45,56-57,59,62,64H,6,11-13,18-19,22,25,28,31,34,37-42,44,46-55H2,1-5H3,(H-,60,63,65,66)/b9-7+,10-8-,16-14-,17-15+,21-20-,24-23-,27-26-,30-29-,33-32-,36-35-,45-43+. The molecule has 0 fully saturated rings. The van der Waals surface area contributed by atoms with E-state index in [0.29, 0.717) is 30.3 Å². The van der Waals surface area contributed by atoms with E-state index in [0.717, 1.165) is 109 Å². The molecule has 0 aliphatic carbocycles. The molecule has 0 aromatic heterocycles. The van der Waals surface area contributed by atoms with E-state index in [1.807, 2.05) is 28.1 Å². The number of unbranched alkanes of at least 4 members (excludes halogenated alkanes) is 11. The summed E-state index contributed by atoms with van der Waals surface area (Å²) in [7, 11) is 1.06. The quantitative estimate of drug-likeness (QED) is 0.0240. The van der Waals surface area contributed by atoms with Gasteiger partial charge in [0.15, 0.2) is 0 Å². The van der Waals surface area contributed by atoms with E-state index in [1.165, 1.54) is 25.7 Å². The van der Waals surface area contributed by atoms with Gasteiger partial charge >= 0.3 is 0 Å². The minimum absolute atomic E-state index is 0.0596. The number of carbonyl (C=O) groups is 1. The number of rotatable bonds is 46. The van der Waals surface area contributed by atoms with Gasteiger partial charge in [-0.3, -0.25) is 9.36 Å². The van der Waals surface area contributed by atoms with Crippen LogP contribution in [0.1, 0.15) is 174 Å². The van der Waals surface area contributed by atoms with Gasteiger partial charge in [0.1, 0.15) is 19.3 Å². The van der Waals surface area contributed by atoms with E-state index in [1.54, 1.807) is 0 Å². The van der Waals surface area contributed by atoms with Crippen LogP contribution in [-0.4, -0.2) is 79.8 Å². The first-order valence-corrected chi connectivity index (χ1v) is 28.0. The molecule has 0 heterocycles. The van der Waals surface area contributed by atoms with Crippen molar-refractivity contribution in [2.24, 2.45) is 0 Å². The van der Waals surface area contributed by atoms with Crippen molar-refractivity contribution >= 4 is 13.7 Å². The number of nitrogens with zero attached hydrogens (tertiary/aromatic N) is 1. The molecule has 0 saturated heterocycles. The second kappa shape index (κ2) is 48.2. The summed E-state index contributed by atoms with van der Waals surface area (Å²) in [5.74, 6) is -0.311. The average Bonchev–Trinajstić information content (AvgIpc) is 3.31. The predicted octanol–water partition coefficient (Wildman–Crippen LogP) is 14.3. The monoisotopic (exact) mass is 979 g/mol. The Balaban J connectivity index is 4.30. The SMILES string of the molecule is C/C=C/CC/C=C/CC/C=C/CCCC(O)C(O)C(COP(=O)([O-])OCC[N+](C)(C)C)NC(=O)CCCCCCCCCC/C=C\C/C=C\C/C=C\C/C=C\C/C=C\C/C=C\C/C=C\C/C=C\CC. The molecule has 1 amide bonds. The minimum Gasteiger partial charge on any atom is -0.756 e. The topological polar surface area (TPSA) is 128 Å². The predicted molar refractivity (Wildman–Crippen MR) is 294 cm³/mol. The number of phosphoric acid groups is 1. The lowest BCUT2D eigenvalue weighted by Crippen LogP contribution is -2.51. The maximum Gasteiger partial charge on any atom is 0.268 e. The van der Waals surface area contributed by atoms with Gasteiger partial charge in [-0.15, -0.1) is 0 Å². The number of allylic oxidation sites excluding steroid dienone is 22. The first-order chi connectivity index (χ1) is 33.4. The molecule has 0 saturated carbocycles. The molecular weight excluding hydrogens is 880 g/mol. The second-order valence-electron chi connectivity index (χ2n) is 18.6. The van der Waals surface area contributed by atoms with Crippen molar-refractivity contribution in [2.45, 2.75) is 193 Å². The highest BCUT2D eigenvalue weighted by Gasteiger charge is 2.29. The zero-order valence-corrected chi connectivity index (χ0v) is 45.0. The first kappa shape index (κ1) is 65.6. The van der Waals surface area contributed by atoms with Crippen molar-refractivity contribution in [3.63, 3.8) is 0 Å². The van der Waals surface area contributed by atoms with Gasteiger partial charge in [-0.2, -0.15) is 0 Å². The van der Waals surface area contributed by atoms with E-state index in [9.17, 15) is 24.5 Å². The van der Waals surface area contributed by atoms with Crippen molar-refractivity contribution in [1.82, 2.24) is 5.32 Å². The highest BCUT2D eigenvalue weighted by molar-refractivity contribution is 7.45. The third kappa shape index (κ3) is 49.4. The maximum atomic E-state index is 13.0. The van der Waals surface area contributed by atoms with Crippen LogP contribution in [0.15, 0.2) is 134 Å². The van der Waals surface area contributed by atoms with Gasteiger partial charge in [0.05, 0.1) is 39.9 Å². The molecule has 0 spiro atoms. The third-order valence-electron chi connectivity index (χ3n) is 11.0. The highest BCUT2D eigenvalue weighted by Crippen LogP contribution is 2.38.